The zero-order valence-corrected chi connectivity index (χ0v) is 17.1. The van der Waals surface area contributed by atoms with Gasteiger partial charge in [-0.25, -0.2) is 4.79 Å². The minimum atomic E-state index is -5.08. The maximum absolute atomic E-state index is 10.6. The summed E-state index contributed by atoms with van der Waals surface area (Å²) in [5, 5.41) is 16.2. The first-order valence-electron chi connectivity index (χ1n) is 10.5. The third-order valence-electron chi connectivity index (χ3n) is 5.82. The number of carboxylic acids is 1. The van der Waals surface area contributed by atoms with E-state index in [0.29, 0.717) is 6.04 Å². The summed E-state index contributed by atoms with van der Waals surface area (Å²) in [6, 6.07) is 0.613. The van der Waals surface area contributed by atoms with Crippen LogP contribution in [0.1, 0.15) is 63.3 Å². The standard InChI is InChI=1S/C17H28N4O2.C2HF3O2/c1-20(13-6-4-7-13)17-19-18-16(15-9-5-11-23-15)21(17)12-14-8-2-3-10-22-14;3-2(4,5)1(6)7/h13-15H,2-12H2,1H3;(H,6,7)/t14?,15-;/m1./s1. The first kappa shape index (κ1) is 22.8. The summed E-state index contributed by atoms with van der Waals surface area (Å²) in [5.41, 5.74) is 0. The second kappa shape index (κ2) is 9.95. The van der Waals surface area contributed by atoms with Crippen molar-refractivity contribution in [3.05, 3.63) is 5.82 Å². The summed E-state index contributed by atoms with van der Waals surface area (Å²) >= 11 is 0. The highest BCUT2D eigenvalue weighted by atomic mass is 19.4. The van der Waals surface area contributed by atoms with E-state index in [1.54, 1.807) is 0 Å². The average Bonchev–Trinajstić information content (AvgIpc) is 3.30. The van der Waals surface area contributed by atoms with Gasteiger partial charge in [0.2, 0.25) is 5.95 Å². The van der Waals surface area contributed by atoms with E-state index in [9.17, 15) is 13.2 Å². The Labute approximate surface area is 173 Å². The Balaban J connectivity index is 0.000000318. The molecule has 1 aromatic rings. The SMILES string of the molecule is CN(c1nnc([C@H]2CCCO2)n1CC1CCCCO1)C1CCC1.O=C(O)C(F)(F)F. The molecular weight excluding hydrogens is 405 g/mol. The van der Waals surface area contributed by atoms with Crippen LogP contribution >= 0.6 is 0 Å². The van der Waals surface area contributed by atoms with Crippen LogP contribution in [0, 0.1) is 0 Å². The third-order valence-corrected chi connectivity index (χ3v) is 5.82. The maximum Gasteiger partial charge on any atom is 0.490 e. The normalized spacial score (nSPS) is 24.7. The Morgan fingerprint density at radius 1 is 1.10 bits per heavy atom. The van der Waals surface area contributed by atoms with Crippen molar-refractivity contribution in [1.82, 2.24) is 14.8 Å². The number of ether oxygens (including phenoxy) is 2. The van der Waals surface area contributed by atoms with Crippen LogP contribution in [0.3, 0.4) is 0 Å². The van der Waals surface area contributed by atoms with Crippen molar-refractivity contribution in [3.63, 3.8) is 0 Å². The fraction of sp³-hybridized carbons (Fsp3) is 0.842. The first-order valence-corrected chi connectivity index (χ1v) is 10.5. The highest BCUT2D eigenvalue weighted by Crippen LogP contribution is 2.33. The summed E-state index contributed by atoms with van der Waals surface area (Å²) in [6.45, 7) is 2.58. The van der Waals surface area contributed by atoms with Gasteiger partial charge in [0.1, 0.15) is 6.10 Å². The lowest BCUT2D eigenvalue weighted by Crippen LogP contribution is -2.39. The largest absolute Gasteiger partial charge is 0.490 e. The molecule has 1 N–H and O–H groups in total. The number of rotatable bonds is 5. The van der Waals surface area contributed by atoms with E-state index in [-0.39, 0.29) is 12.2 Å². The lowest BCUT2D eigenvalue weighted by atomic mass is 9.92. The predicted octanol–water partition coefficient (Wildman–Crippen LogP) is 3.32. The fourth-order valence-corrected chi connectivity index (χ4v) is 3.85. The molecular formula is C19H29F3N4O4. The van der Waals surface area contributed by atoms with E-state index in [0.717, 1.165) is 50.8 Å². The molecule has 11 heteroatoms. The van der Waals surface area contributed by atoms with Gasteiger partial charge in [0.15, 0.2) is 5.82 Å². The van der Waals surface area contributed by atoms with E-state index < -0.39 is 12.1 Å². The van der Waals surface area contributed by atoms with Crippen LogP contribution in [0.15, 0.2) is 0 Å². The molecule has 0 aromatic carbocycles. The molecule has 2 atom stereocenters. The van der Waals surface area contributed by atoms with Crippen molar-refractivity contribution in [2.75, 3.05) is 25.2 Å². The number of halogens is 3. The first-order chi connectivity index (χ1) is 14.3. The predicted molar refractivity (Wildman–Crippen MR) is 101 cm³/mol. The second-order valence-corrected chi connectivity index (χ2v) is 7.96. The number of carbonyl (C=O) groups is 1. The topological polar surface area (TPSA) is 89.7 Å². The minimum Gasteiger partial charge on any atom is -0.475 e. The van der Waals surface area contributed by atoms with Crippen LogP contribution in [0.4, 0.5) is 19.1 Å². The van der Waals surface area contributed by atoms with Crippen molar-refractivity contribution >= 4 is 11.9 Å². The van der Waals surface area contributed by atoms with Crippen molar-refractivity contribution in [2.24, 2.45) is 0 Å². The van der Waals surface area contributed by atoms with Gasteiger partial charge >= 0.3 is 12.1 Å². The number of nitrogens with zero attached hydrogens (tertiary/aromatic N) is 4. The monoisotopic (exact) mass is 434 g/mol. The molecule has 2 saturated heterocycles. The molecule has 8 nitrogen and oxygen atoms in total. The van der Waals surface area contributed by atoms with Gasteiger partial charge in [-0.15, -0.1) is 10.2 Å². The highest BCUT2D eigenvalue weighted by molar-refractivity contribution is 5.73. The Bertz CT molecular complexity index is 696. The van der Waals surface area contributed by atoms with Gasteiger partial charge in [0.05, 0.1) is 12.6 Å². The van der Waals surface area contributed by atoms with Gasteiger partial charge in [-0.05, 0) is 51.4 Å². The van der Waals surface area contributed by atoms with Crippen molar-refractivity contribution in [2.45, 2.75) is 82.3 Å². The molecule has 1 unspecified atom stereocenters. The number of anilines is 1. The van der Waals surface area contributed by atoms with Gasteiger partial charge in [-0.2, -0.15) is 13.2 Å². The van der Waals surface area contributed by atoms with E-state index in [1.165, 1.54) is 32.1 Å². The van der Waals surface area contributed by atoms with E-state index >= 15 is 0 Å². The molecule has 3 aliphatic rings. The minimum absolute atomic E-state index is 0.106. The van der Waals surface area contributed by atoms with Crippen LogP contribution in [-0.4, -0.2) is 64.4 Å². The maximum atomic E-state index is 10.6. The second-order valence-electron chi connectivity index (χ2n) is 7.96. The molecule has 1 aromatic heterocycles. The number of alkyl halides is 3. The zero-order valence-electron chi connectivity index (χ0n) is 17.1. The molecule has 170 valence electrons. The number of carboxylic acid groups (broad SMARTS) is 1. The summed E-state index contributed by atoms with van der Waals surface area (Å²) < 4.78 is 45.9. The van der Waals surface area contributed by atoms with Gasteiger partial charge < -0.3 is 19.5 Å². The Hall–Kier alpha value is -1.88. The number of hydrogen-bond donors (Lipinski definition) is 1. The summed E-state index contributed by atoms with van der Waals surface area (Å²) in [4.78, 5) is 11.2. The van der Waals surface area contributed by atoms with Crippen LogP contribution in [0.5, 0.6) is 0 Å². The van der Waals surface area contributed by atoms with Gasteiger partial charge in [-0.3, -0.25) is 4.57 Å². The van der Waals surface area contributed by atoms with Crippen LogP contribution in [-0.2, 0) is 20.8 Å². The van der Waals surface area contributed by atoms with Gasteiger partial charge in [-0.1, -0.05) is 0 Å². The summed E-state index contributed by atoms with van der Waals surface area (Å²) in [5.74, 6) is -0.764. The molecule has 1 aliphatic carbocycles. The van der Waals surface area contributed by atoms with Crippen molar-refractivity contribution in [3.8, 4) is 0 Å². The quantitative estimate of drug-likeness (QED) is 0.760. The van der Waals surface area contributed by atoms with Crippen molar-refractivity contribution < 1.29 is 32.5 Å². The summed E-state index contributed by atoms with van der Waals surface area (Å²) in [6.07, 6.45) is 4.91. The zero-order chi connectivity index (χ0) is 21.7. The smallest absolute Gasteiger partial charge is 0.475 e. The molecule has 1 saturated carbocycles. The summed E-state index contributed by atoms with van der Waals surface area (Å²) in [7, 11) is 2.16. The van der Waals surface area contributed by atoms with Gasteiger partial charge in [0.25, 0.3) is 0 Å². The van der Waals surface area contributed by atoms with Crippen LogP contribution < -0.4 is 4.90 Å². The Morgan fingerprint density at radius 3 is 2.30 bits per heavy atom. The Kier molecular flexibility index (Phi) is 7.56. The lowest BCUT2D eigenvalue weighted by molar-refractivity contribution is -0.192. The molecule has 0 radical (unpaired) electrons. The molecule has 3 fully saturated rings. The van der Waals surface area contributed by atoms with E-state index in [1.807, 2.05) is 0 Å². The Morgan fingerprint density at radius 2 is 1.80 bits per heavy atom. The highest BCUT2D eigenvalue weighted by Gasteiger charge is 2.38. The van der Waals surface area contributed by atoms with E-state index in [4.69, 9.17) is 19.4 Å². The number of hydrogen-bond acceptors (Lipinski definition) is 6. The van der Waals surface area contributed by atoms with Crippen molar-refractivity contribution in [1.29, 1.82) is 0 Å². The van der Waals surface area contributed by atoms with Crippen LogP contribution in [0.25, 0.3) is 0 Å². The third kappa shape index (κ3) is 5.63. The number of aliphatic carboxylic acids is 1. The fourth-order valence-electron chi connectivity index (χ4n) is 3.85. The molecule has 4 rings (SSSR count). The number of aromatic nitrogens is 3. The van der Waals surface area contributed by atoms with Gasteiger partial charge in [0, 0.05) is 26.3 Å². The molecule has 0 bridgehead atoms. The van der Waals surface area contributed by atoms with E-state index in [2.05, 4.69) is 26.7 Å². The molecule has 2 aliphatic heterocycles. The lowest BCUT2D eigenvalue weighted by Gasteiger charge is -2.36. The molecule has 3 heterocycles. The molecule has 0 spiro atoms. The molecule has 30 heavy (non-hydrogen) atoms. The van der Waals surface area contributed by atoms with Crippen LogP contribution in [0.2, 0.25) is 0 Å². The molecule has 0 amide bonds. The average molecular weight is 434 g/mol.